The van der Waals surface area contributed by atoms with Gasteiger partial charge in [0.15, 0.2) is 0 Å². The molecule has 6 nitrogen and oxygen atoms in total. The fourth-order valence-electron chi connectivity index (χ4n) is 1.76. The Hall–Kier alpha value is -2.08. The fourth-order valence-corrected chi connectivity index (χ4v) is 1.86. The topological polar surface area (TPSA) is 85.8 Å². The van der Waals surface area contributed by atoms with Gasteiger partial charge in [0.2, 0.25) is 0 Å². The summed E-state index contributed by atoms with van der Waals surface area (Å²) in [5.74, 6) is -0.330. The molecule has 1 amide bonds. The zero-order chi connectivity index (χ0) is 14.2. The maximum absolute atomic E-state index is 12.2. The molecule has 0 aliphatic rings. The Balaban J connectivity index is 2.28. The number of nitrogens with two attached hydrogens (primary N) is 1. The van der Waals surface area contributed by atoms with Crippen LogP contribution < -0.4 is 11.1 Å². The molecule has 3 N–H and O–H groups in total. The third-order valence-electron chi connectivity index (χ3n) is 2.76. The number of nitrogens with one attached hydrogen (secondary N) is 1. The Kier molecular flexibility index (Phi) is 3.44. The number of amides is 1. The smallest absolute Gasteiger partial charge is 0.276 e. The minimum absolute atomic E-state index is 0.324. The molecule has 2 heterocycles. The molecule has 19 heavy (non-hydrogen) atoms. The molecule has 0 saturated heterocycles. The first-order valence-corrected chi connectivity index (χ1v) is 6.00. The lowest BCUT2D eigenvalue weighted by Crippen LogP contribution is -2.17. The van der Waals surface area contributed by atoms with E-state index in [0.29, 0.717) is 27.9 Å². The fraction of sp³-hybridized carbons (Fsp3) is 0.250. The molecule has 2 rings (SSSR count). The van der Waals surface area contributed by atoms with Crippen LogP contribution in [0.4, 0.5) is 11.4 Å². The van der Waals surface area contributed by atoms with Crippen LogP contribution in [-0.4, -0.2) is 20.7 Å². The maximum atomic E-state index is 12.2. The van der Waals surface area contributed by atoms with Crippen LogP contribution in [0, 0.1) is 13.8 Å². The van der Waals surface area contributed by atoms with Gasteiger partial charge < -0.3 is 11.1 Å². The summed E-state index contributed by atoms with van der Waals surface area (Å²) >= 11 is 5.83. The highest BCUT2D eigenvalue weighted by Crippen LogP contribution is 2.19. The summed E-state index contributed by atoms with van der Waals surface area (Å²) in [5, 5.41) is 7.23. The van der Waals surface area contributed by atoms with E-state index in [4.69, 9.17) is 17.3 Å². The number of carbonyl (C=O) groups is 1. The van der Waals surface area contributed by atoms with E-state index in [1.807, 2.05) is 6.92 Å². The second-order valence-electron chi connectivity index (χ2n) is 4.26. The Morgan fingerprint density at radius 3 is 2.68 bits per heavy atom. The van der Waals surface area contributed by atoms with Crippen molar-refractivity contribution in [3.63, 3.8) is 0 Å². The zero-order valence-electron chi connectivity index (χ0n) is 10.9. The van der Waals surface area contributed by atoms with E-state index in [1.165, 1.54) is 10.9 Å². The molecule has 0 saturated carbocycles. The van der Waals surface area contributed by atoms with Gasteiger partial charge in [-0.3, -0.25) is 9.48 Å². The number of carbonyl (C=O) groups excluding carboxylic acids is 1. The minimum Gasteiger partial charge on any atom is -0.395 e. The average molecular weight is 280 g/mol. The molecule has 100 valence electrons. The Bertz CT molecular complexity index is 650. The first-order chi connectivity index (χ1) is 8.90. The number of pyridine rings is 1. The Morgan fingerprint density at radius 1 is 1.47 bits per heavy atom. The first kappa shape index (κ1) is 13.4. The van der Waals surface area contributed by atoms with Gasteiger partial charge in [-0.05, 0) is 25.5 Å². The van der Waals surface area contributed by atoms with E-state index in [-0.39, 0.29) is 5.91 Å². The van der Waals surface area contributed by atoms with Crippen molar-refractivity contribution in [2.75, 3.05) is 11.1 Å². The summed E-state index contributed by atoms with van der Waals surface area (Å²) in [6.07, 6.45) is 1.49. The number of aromatic nitrogens is 3. The van der Waals surface area contributed by atoms with E-state index in [2.05, 4.69) is 15.4 Å². The molecule has 0 aromatic carbocycles. The summed E-state index contributed by atoms with van der Waals surface area (Å²) < 4.78 is 1.45. The van der Waals surface area contributed by atoms with Crippen LogP contribution in [0.1, 0.15) is 21.7 Å². The summed E-state index contributed by atoms with van der Waals surface area (Å²) in [7, 11) is 1.67. The van der Waals surface area contributed by atoms with Crippen LogP contribution in [0.15, 0.2) is 12.3 Å². The number of hydrogen-bond acceptors (Lipinski definition) is 4. The molecular weight excluding hydrogens is 266 g/mol. The van der Waals surface area contributed by atoms with E-state index in [9.17, 15) is 4.79 Å². The molecule has 0 spiro atoms. The number of aryl methyl sites for hydroxylation is 3. The normalized spacial score (nSPS) is 10.5. The summed E-state index contributed by atoms with van der Waals surface area (Å²) in [4.78, 5) is 16.1. The van der Waals surface area contributed by atoms with Crippen molar-refractivity contribution in [3.05, 3.63) is 34.4 Å². The molecule has 0 fully saturated rings. The van der Waals surface area contributed by atoms with E-state index >= 15 is 0 Å². The number of hydrogen-bond donors (Lipinski definition) is 2. The van der Waals surface area contributed by atoms with Gasteiger partial charge in [-0.1, -0.05) is 11.6 Å². The van der Waals surface area contributed by atoms with Crippen molar-refractivity contribution < 1.29 is 4.79 Å². The monoisotopic (exact) mass is 279 g/mol. The molecule has 7 heteroatoms. The van der Waals surface area contributed by atoms with Crippen LogP contribution in [0.25, 0.3) is 0 Å². The highest BCUT2D eigenvalue weighted by molar-refractivity contribution is 6.30. The molecule has 0 bridgehead atoms. The van der Waals surface area contributed by atoms with E-state index in [0.717, 1.165) is 5.56 Å². The van der Waals surface area contributed by atoms with Crippen molar-refractivity contribution in [3.8, 4) is 0 Å². The summed E-state index contributed by atoms with van der Waals surface area (Å²) in [6.45, 7) is 3.56. The number of anilines is 2. The highest BCUT2D eigenvalue weighted by atomic mass is 35.5. The maximum Gasteiger partial charge on any atom is 0.276 e. The van der Waals surface area contributed by atoms with Crippen LogP contribution in [-0.2, 0) is 7.05 Å². The lowest BCUT2D eigenvalue weighted by atomic mass is 10.2. The third-order valence-corrected chi connectivity index (χ3v) is 3.15. The Labute approximate surface area is 115 Å². The van der Waals surface area contributed by atoms with Crippen LogP contribution in [0.5, 0.6) is 0 Å². The van der Waals surface area contributed by atoms with Gasteiger partial charge in [0.25, 0.3) is 5.91 Å². The van der Waals surface area contributed by atoms with Crippen molar-refractivity contribution in [2.45, 2.75) is 13.8 Å². The molecule has 0 radical (unpaired) electrons. The summed E-state index contributed by atoms with van der Waals surface area (Å²) in [6, 6.07) is 1.74. The number of nitrogens with zero attached hydrogens (tertiary/aromatic N) is 3. The van der Waals surface area contributed by atoms with Gasteiger partial charge in [0.05, 0.1) is 23.3 Å². The van der Waals surface area contributed by atoms with Gasteiger partial charge in [-0.2, -0.15) is 5.10 Å². The lowest BCUT2D eigenvalue weighted by molar-refractivity contribution is 0.101. The minimum atomic E-state index is -0.330. The van der Waals surface area contributed by atoms with E-state index < -0.39 is 0 Å². The predicted molar refractivity (Wildman–Crippen MR) is 74.3 cm³/mol. The first-order valence-electron chi connectivity index (χ1n) is 5.62. The van der Waals surface area contributed by atoms with Crippen molar-refractivity contribution in [1.82, 2.24) is 14.8 Å². The SMILES string of the molecule is Cc1cc(NC(=O)c2c(N)c(C)nn2C)cnc1Cl. The third kappa shape index (κ3) is 2.53. The number of halogens is 1. The highest BCUT2D eigenvalue weighted by Gasteiger charge is 2.18. The predicted octanol–water partition coefficient (Wildman–Crippen LogP) is 1.92. The lowest BCUT2D eigenvalue weighted by Gasteiger charge is -2.07. The Morgan fingerprint density at radius 2 is 2.16 bits per heavy atom. The van der Waals surface area contributed by atoms with Gasteiger partial charge in [-0.15, -0.1) is 0 Å². The second-order valence-corrected chi connectivity index (χ2v) is 4.62. The van der Waals surface area contributed by atoms with Crippen LogP contribution in [0.3, 0.4) is 0 Å². The number of rotatable bonds is 2. The van der Waals surface area contributed by atoms with E-state index in [1.54, 1.807) is 20.0 Å². The molecule has 0 aliphatic carbocycles. The van der Waals surface area contributed by atoms with Crippen molar-refractivity contribution in [2.24, 2.45) is 7.05 Å². The van der Waals surface area contributed by atoms with Gasteiger partial charge >= 0.3 is 0 Å². The van der Waals surface area contributed by atoms with Gasteiger partial charge in [0.1, 0.15) is 10.8 Å². The zero-order valence-corrected chi connectivity index (χ0v) is 11.6. The largest absolute Gasteiger partial charge is 0.395 e. The second kappa shape index (κ2) is 4.89. The standard InChI is InChI=1S/C12H14ClN5O/c1-6-4-8(5-15-11(6)13)16-12(19)10-9(14)7(2)17-18(10)3/h4-5H,14H2,1-3H3,(H,16,19). The average Bonchev–Trinajstić information content (AvgIpc) is 2.58. The van der Waals surface area contributed by atoms with Gasteiger partial charge in [0, 0.05) is 7.05 Å². The quantitative estimate of drug-likeness (QED) is 0.823. The molecule has 2 aromatic heterocycles. The van der Waals surface area contributed by atoms with Gasteiger partial charge in [-0.25, -0.2) is 4.98 Å². The summed E-state index contributed by atoms with van der Waals surface area (Å²) in [5.41, 5.74) is 8.50. The van der Waals surface area contributed by atoms with Crippen molar-refractivity contribution >= 4 is 28.9 Å². The van der Waals surface area contributed by atoms with Crippen LogP contribution >= 0.6 is 11.6 Å². The molecule has 0 atom stereocenters. The molecule has 0 aliphatic heterocycles. The molecule has 2 aromatic rings. The van der Waals surface area contributed by atoms with Crippen molar-refractivity contribution in [1.29, 1.82) is 0 Å². The molecular formula is C12H14ClN5O. The van der Waals surface area contributed by atoms with Crippen LogP contribution in [0.2, 0.25) is 5.15 Å². The number of nitrogen functional groups attached to an aromatic ring is 1. The molecule has 0 unspecified atom stereocenters.